The summed E-state index contributed by atoms with van der Waals surface area (Å²) in [6, 6.07) is 0. The van der Waals surface area contributed by atoms with E-state index in [4.69, 9.17) is 24.9 Å². The summed E-state index contributed by atoms with van der Waals surface area (Å²) in [6.07, 6.45) is 17.7. The Morgan fingerprint density at radius 3 is 1.85 bits per heavy atom. The minimum absolute atomic E-state index is 0.0546. The molecule has 0 bridgehead atoms. The van der Waals surface area contributed by atoms with E-state index in [9.17, 15) is 0 Å². The van der Waals surface area contributed by atoms with Crippen molar-refractivity contribution in [3.63, 3.8) is 0 Å². The summed E-state index contributed by atoms with van der Waals surface area (Å²) < 4.78 is 34.3. The number of rotatable bonds is 26. The molecule has 0 aromatic rings. The van der Waals surface area contributed by atoms with Crippen LogP contribution in [0.15, 0.2) is 34.5 Å². The zero-order chi connectivity index (χ0) is 39.5. The van der Waals surface area contributed by atoms with Crippen molar-refractivity contribution < 1.29 is 18.3 Å². The first-order valence-electron chi connectivity index (χ1n) is 21.9. The molecule has 4 nitrogen and oxygen atoms in total. The molecule has 2 rings (SSSR count). The van der Waals surface area contributed by atoms with Crippen molar-refractivity contribution in [3.8, 4) is 0 Å². The molecular weight excluding hydrogens is 779 g/mol. The monoisotopic (exact) mass is 869 g/mol. The molecule has 6 atom stereocenters. The van der Waals surface area contributed by atoms with Crippen molar-refractivity contribution >= 4 is 35.0 Å². The number of unbranched alkanes of at least 4 members (excludes halogenated alkanes) is 3. The van der Waals surface area contributed by atoms with Gasteiger partial charge in [0.15, 0.2) is 8.32 Å². The Hall–Kier alpha value is 0.292. The Kier molecular flexibility index (Phi) is 20.2. The van der Waals surface area contributed by atoms with Crippen molar-refractivity contribution in [1.29, 1.82) is 0 Å². The Morgan fingerprint density at radius 2 is 1.40 bits per heavy atom. The van der Waals surface area contributed by atoms with Crippen LogP contribution < -0.4 is 0 Å². The van der Waals surface area contributed by atoms with Gasteiger partial charge in [0.2, 0.25) is 0 Å². The van der Waals surface area contributed by atoms with Crippen LogP contribution in [-0.2, 0) is 18.3 Å². The van der Waals surface area contributed by atoms with Gasteiger partial charge < -0.3 is 0 Å². The first-order valence-corrected chi connectivity index (χ1v) is 34.4. The van der Waals surface area contributed by atoms with Crippen LogP contribution in [0.2, 0.25) is 48.1 Å². The van der Waals surface area contributed by atoms with E-state index in [0.717, 1.165) is 32.1 Å². The van der Waals surface area contributed by atoms with Crippen LogP contribution in [0, 0.1) is 0 Å². The van der Waals surface area contributed by atoms with Gasteiger partial charge in [-0.1, -0.05) is 32.9 Å². The van der Waals surface area contributed by atoms with Crippen LogP contribution in [0.25, 0.3) is 0 Å². The van der Waals surface area contributed by atoms with Gasteiger partial charge in [-0.15, -0.1) is 0 Å². The van der Waals surface area contributed by atoms with Crippen LogP contribution in [0.3, 0.4) is 0 Å². The molecule has 0 spiro atoms. The number of epoxide rings is 1. The molecule has 0 radical (unpaired) electrons. The molecule has 2 fully saturated rings. The quantitative estimate of drug-likeness (QED) is 0.0493. The van der Waals surface area contributed by atoms with Crippen molar-refractivity contribution in [2.24, 2.45) is 0 Å². The van der Waals surface area contributed by atoms with Crippen LogP contribution in [0.1, 0.15) is 161 Å². The first-order chi connectivity index (χ1) is 24.3. The zero-order valence-electron chi connectivity index (χ0n) is 37.3. The third kappa shape index (κ3) is 12.9. The Morgan fingerprint density at radius 1 is 0.885 bits per heavy atom. The third-order valence-corrected chi connectivity index (χ3v) is 40.2. The fraction of sp³-hybridized carbons (Fsp3) is 0.867. The molecule has 0 N–H and O–H groups in total. The maximum atomic E-state index is 7.75. The predicted octanol–water partition coefficient (Wildman–Crippen LogP) is 14.5. The van der Waals surface area contributed by atoms with Crippen LogP contribution in [-0.4, -0.2) is 71.6 Å². The van der Waals surface area contributed by atoms with Gasteiger partial charge in [0.25, 0.3) is 0 Å². The van der Waals surface area contributed by atoms with Gasteiger partial charge in [-0.2, -0.15) is 0 Å². The van der Waals surface area contributed by atoms with Crippen molar-refractivity contribution in [1.82, 2.24) is 0 Å². The van der Waals surface area contributed by atoms with Crippen LogP contribution >= 0.6 is 0 Å². The van der Waals surface area contributed by atoms with E-state index in [1.54, 1.807) is 3.59 Å². The Labute approximate surface area is 331 Å². The molecule has 0 saturated carbocycles. The van der Waals surface area contributed by atoms with E-state index in [1.165, 1.54) is 57.4 Å². The molecule has 52 heavy (non-hydrogen) atoms. The van der Waals surface area contributed by atoms with Gasteiger partial charge in [0, 0.05) is 0 Å². The fourth-order valence-electron chi connectivity index (χ4n) is 9.19. The molecule has 0 aromatic heterocycles. The van der Waals surface area contributed by atoms with E-state index in [-0.39, 0.29) is 41.7 Å². The molecule has 304 valence electrons. The van der Waals surface area contributed by atoms with Crippen molar-refractivity contribution in [3.05, 3.63) is 34.5 Å². The molecular formula is C45H88O4Si2Sn. The zero-order valence-corrected chi connectivity index (χ0v) is 42.2. The second-order valence-electron chi connectivity index (χ2n) is 19.3. The van der Waals surface area contributed by atoms with Crippen LogP contribution in [0.5, 0.6) is 0 Å². The third-order valence-electron chi connectivity index (χ3n) is 13.5. The summed E-state index contributed by atoms with van der Waals surface area (Å²) in [5.74, 6) is 0. The van der Waals surface area contributed by atoms with Gasteiger partial charge >= 0.3 is 267 Å². The first kappa shape index (κ1) is 48.4. The SMILES string of the molecule is C=C1C[C@@H]([C@@H]2O[C@H]2[C@H](C[C](=C)[Sn]([CH2]CCC)([CH2]CCC)[CH2]CCC)O[Si](C(C)C)(C(C)C)C(C)C)O[C@H]1CC[C@@H](C/C=C/C)O[Si](C)(C)C(C)(C)C. The van der Waals surface area contributed by atoms with Gasteiger partial charge in [0.1, 0.15) is 0 Å². The molecule has 0 amide bonds. The van der Waals surface area contributed by atoms with Gasteiger partial charge in [0.05, 0.1) is 0 Å². The fourth-order valence-corrected chi connectivity index (χ4v) is 32.0. The number of allylic oxidation sites excluding steroid dienone is 1. The second kappa shape index (κ2) is 21.7. The van der Waals surface area contributed by atoms with E-state index in [2.05, 4.69) is 122 Å². The van der Waals surface area contributed by atoms with Crippen LogP contribution in [0.4, 0.5) is 0 Å². The predicted molar refractivity (Wildman–Crippen MR) is 236 cm³/mol. The van der Waals surface area contributed by atoms with Gasteiger partial charge in [-0.05, 0) is 25.1 Å². The minimum Gasteiger partial charge on any atom is -0.0916 e. The normalized spacial score (nSPS) is 23.1. The summed E-state index contributed by atoms with van der Waals surface area (Å²) in [4.78, 5) is 0. The number of ether oxygens (including phenoxy) is 2. The average molecular weight is 868 g/mol. The van der Waals surface area contributed by atoms with E-state index < -0.39 is 35.0 Å². The smallest absolute Gasteiger partial charge is 0.0916 e. The molecule has 0 aromatic carbocycles. The molecule has 2 saturated heterocycles. The Bertz CT molecular complexity index is 1070. The average Bonchev–Trinajstić information content (AvgIpc) is 3.77. The van der Waals surface area contributed by atoms with Gasteiger partial charge in [-0.3, -0.25) is 0 Å². The molecule has 0 aliphatic carbocycles. The van der Waals surface area contributed by atoms with E-state index in [0.29, 0.717) is 16.6 Å². The maximum absolute atomic E-state index is 7.75. The molecule has 2 aliphatic rings. The summed E-state index contributed by atoms with van der Waals surface area (Å²) in [7, 11) is -4.03. The second-order valence-corrected chi connectivity index (χ2v) is 43.1. The van der Waals surface area contributed by atoms with E-state index in [1.807, 2.05) is 0 Å². The summed E-state index contributed by atoms with van der Waals surface area (Å²) in [5, 5.41) is 0.189. The van der Waals surface area contributed by atoms with Gasteiger partial charge in [-0.25, -0.2) is 0 Å². The molecule has 7 heteroatoms. The molecule has 0 unspecified atom stereocenters. The van der Waals surface area contributed by atoms with Crippen molar-refractivity contribution in [2.45, 2.75) is 245 Å². The standard InChI is InChI=1S/C33H61O4Si2.3C4H9.Sn/c1-15-17-19-27(36-38(13,14)33(10,11)12)20-21-28-26(9)22-30(34-28)32-31(35-32)29(18-16-2)37-39(23(3)4,24(5)6)25(7)8;3*1-3-4-2;/h15,17,23-25,27-32H,2,9,18-22H2,1,3-8,10-14H3;3*1,3-4H2,2H3;/b17-15+;;;;/t27-,28+,29+,30+,31+,32+;;;;/m1..../s1. The summed E-state index contributed by atoms with van der Waals surface area (Å²) in [6.45, 7) is 45.1. The molecule has 2 heterocycles. The van der Waals surface area contributed by atoms with Crippen molar-refractivity contribution in [2.75, 3.05) is 0 Å². The number of hydrogen-bond donors (Lipinski definition) is 0. The summed E-state index contributed by atoms with van der Waals surface area (Å²) in [5.41, 5.74) is 2.82. The minimum atomic E-state index is -2.68. The topological polar surface area (TPSA) is 40.2 Å². The van der Waals surface area contributed by atoms with E-state index >= 15 is 0 Å². The molecule has 2 aliphatic heterocycles. The Balaban J connectivity index is 2.35. The summed E-state index contributed by atoms with van der Waals surface area (Å²) >= 11 is -2.68. The number of hydrogen-bond acceptors (Lipinski definition) is 4.